The normalized spacial score (nSPS) is 31.1. The van der Waals surface area contributed by atoms with Crippen LogP contribution in [0.4, 0.5) is 5.82 Å². The number of aromatic nitrogens is 4. The maximum Gasteiger partial charge on any atom is 0.252 e. The first-order valence-corrected chi connectivity index (χ1v) is 12.9. The van der Waals surface area contributed by atoms with E-state index >= 15 is 0 Å². The Hall–Kier alpha value is -2.30. The van der Waals surface area contributed by atoms with Crippen molar-refractivity contribution in [1.29, 1.82) is 0 Å². The standard InChI is InChI=1S/C24H34N6O4/c1-2-25-22(31)18-17-19(34-24(33-17)11-7-4-8-12-24)23(32-18)30-14-28-16-20(26-13-27-21(16)30)29-15-9-5-3-6-10-15/h13-15,17-19,23H,2-12H2,1H3,(H,25,31)(H,26,27,29)/t17?,18-,19?,23+/m0/s1. The van der Waals surface area contributed by atoms with E-state index in [0.717, 1.165) is 44.3 Å². The van der Waals surface area contributed by atoms with Crippen LogP contribution < -0.4 is 10.6 Å². The van der Waals surface area contributed by atoms with Crippen molar-refractivity contribution in [2.75, 3.05) is 11.9 Å². The molecular formula is C24H34N6O4. The molecule has 1 spiro atoms. The molecule has 6 rings (SSSR count). The predicted octanol–water partition coefficient (Wildman–Crippen LogP) is 3.05. The molecule has 2 N–H and O–H groups in total. The van der Waals surface area contributed by atoms with Gasteiger partial charge in [0.25, 0.3) is 5.91 Å². The molecule has 2 aromatic heterocycles. The van der Waals surface area contributed by atoms with Crippen LogP contribution in [0.3, 0.4) is 0 Å². The van der Waals surface area contributed by atoms with Crippen molar-refractivity contribution in [3.8, 4) is 0 Å². The Kier molecular flexibility index (Phi) is 5.90. The van der Waals surface area contributed by atoms with Gasteiger partial charge in [0.05, 0.1) is 6.33 Å². The van der Waals surface area contributed by atoms with E-state index in [1.54, 1.807) is 12.7 Å². The highest BCUT2D eigenvalue weighted by Crippen LogP contribution is 2.49. The maximum atomic E-state index is 12.9. The minimum Gasteiger partial charge on any atom is -0.365 e. The second-order valence-corrected chi connectivity index (χ2v) is 10.0. The Morgan fingerprint density at radius 2 is 1.82 bits per heavy atom. The minimum atomic E-state index is -0.740. The SMILES string of the molecule is CCNC(=O)[C@H]1O[C@@H](n2cnc3c(NC4CCCCC4)ncnc32)C2OC3(CCCCC3)OC21. The number of nitrogens with zero attached hydrogens (tertiary/aromatic N) is 4. The van der Waals surface area contributed by atoms with Gasteiger partial charge >= 0.3 is 0 Å². The quantitative estimate of drug-likeness (QED) is 0.686. The molecular weight excluding hydrogens is 436 g/mol. The number of imidazole rings is 1. The van der Waals surface area contributed by atoms with Crippen LogP contribution in [0.1, 0.15) is 77.4 Å². The molecule has 2 aliphatic heterocycles. The highest BCUT2D eigenvalue weighted by Gasteiger charge is 2.60. The summed E-state index contributed by atoms with van der Waals surface area (Å²) in [6.07, 6.45) is 12.2. The van der Waals surface area contributed by atoms with Crippen LogP contribution in [-0.4, -0.2) is 62.1 Å². The number of hydrogen-bond acceptors (Lipinski definition) is 8. The molecule has 0 aromatic carbocycles. The first-order valence-electron chi connectivity index (χ1n) is 12.9. The molecule has 10 heteroatoms. The lowest BCUT2D eigenvalue weighted by Crippen LogP contribution is -2.43. The van der Waals surface area contributed by atoms with E-state index in [0.29, 0.717) is 23.8 Å². The lowest BCUT2D eigenvalue weighted by molar-refractivity contribution is -0.229. The Morgan fingerprint density at radius 3 is 2.62 bits per heavy atom. The molecule has 0 bridgehead atoms. The van der Waals surface area contributed by atoms with Gasteiger partial charge in [0.2, 0.25) is 0 Å². The number of nitrogens with one attached hydrogen (secondary N) is 2. The number of ether oxygens (including phenoxy) is 3. The summed E-state index contributed by atoms with van der Waals surface area (Å²) in [5.74, 6) is -0.0487. The molecule has 10 nitrogen and oxygen atoms in total. The molecule has 2 aliphatic carbocycles. The second-order valence-electron chi connectivity index (χ2n) is 10.0. The molecule has 2 unspecified atom stereocenters. The first-order chi connectivity index (χ1) is 16.7. The van der Waals surface area contributed by atoms with E-state index in [4.69, 9.17) is 14.2 Å². The van der Waals surface area contributed by atoms with Gasteiger partial charge < -0.3 is 24.8 Å². The van der Waals surface area contributed by atoms with Crippen molar-refractivity contribution < 1.29 is 19.0 Å². The van der Waals surface area contributed by atoms with Crippen molar-refractivity contribution in [1.82, 2.24) is 24.8 Å². The summed E-state index contributed by atoms with van der Waals surface area (Å²) >= 11 is 0. The summed E-state index contributed by atoms with van der Waals surface area (Å²) in [6, 6.07) is 0.406. The molecule has 4 aliphatic rings. The molecule has 184 valence electrons. The molecule has 2 saturated heterocycles. The van der Waals surface area contributed by atoms with Gasteiger partial charge in [-0.15, -0.1) is 0 Å². The van der Waals surface area contributed by atoms with E-state index in [1.165, 1.54) is 25.7 Å². The van der Waals surface area contributed by atoms with Gasteiger partial charge in [-0.1, -0.05) is 25.7 Å². The zero-order valence-electron chi connectivity index (χ0n) is 19.7. The molecule has 4 atom stereocenters. The van der Waals surface area contributed by atoms with Crippen LogP contribution in [0, 0.1) is 0 Å². The smallest absolute Gasteiger partial charge is 0.252 e. The number of hydrogen-bond donors (Lipinski definition) is 2. The highest BCUT2D eigenvalue weighted by molar-refractivity contribution is 5.83. The number of carbonyl (C=O) groups excluding carboxylic acids is 1. The van der Waals surface area contributed by atoms with Crippen LogP contribution in [0.25, 0.3) is 11.2 Å². The summed E-state index contributed by atoms with van der Waals surface area (Å²) in [7, 11) is 0. The van der Waals surface area contributed by atoms with Crippen molar-refractivity contribution in [3.63, 3.8) is 0 Å². The van der Waals surface area contributed by atoms with Crippen LogP contribution >= 0.6 is 0 Å². The van der Waals surface area contributed by atoms with Gasteiger partial charge in [-0.3, -0.25) is 9.36 Å². The van der Waals surface area contributed by atoms with Gasteiger partial charge in [0, 0.05) is 25.4 Å². The fourth-order valence-corrected chi connectivity index (χ4v) is 6.04. The van der Waals surface area contributed by atoms with Gasteiger partial charge in [-0.05, 0) is 32.6 Å². The topological polar surface area (TPSA) is 112 Å². The lowest BCUT2D eigenvalue weighted by atomic mass is 9.94. The van der Waals surface area contributed by atoms with Crippen LogP contribution in [0.5, 0.6) is 0 Å². The van der Waals surface area contributed by atoms with Crippen LogP contribution in [0.2, 0.25) is 0 Å². The van der Waals surface area contributed by atoms with Crippen molar-refractivity contribution in [3.05, 3.63) is 12.7 Å². The average Bonchev–Trinajstić information content (AvgIpc) is 3.53. The Morgan fingerprint density at radius 1 is 1.06 bits per heavy atom. The predicted molar refractivity (Wildman–Crippen MR) is 124 cm³/mol. The zero-order chi connectivity index (χ0) is 23.1. The number of fused-ring (bicyclic) bond motifs is 2. The van der Waals surface area contributed by atoms with E-state index < -0.39 is 30.3 Å². The number of likely N-dealkylation sites (N-methyl/N-ethyl adjacent to an activating group) is 1. The number of anilines is 1. The van der Waals surface area contributed by atoms with Crippen molar-refractivity contribution in [2.45, 2.75) is 108 Å². The third-order valence-electron chi connectivity index (χ3n) is 7.69. The number of rotatable bonds is 5. The second kappa shape index (κ2) is 9.05. The molecule has 0 radical (unpaired) electrons. The largest absolute Gasteiger partial charge is 0.365 e. The molecule has 2 saturated carbocycles. The van der Waals surface area contributed by atoms with Crippen LogP contribution in [0.15, 0.2) is 12.7 Å². The Bertz CT molecular complexity index is 1030. The molecule has 1 amide bonds. The third-order valence-corrected chi connectivity index (χ3v) is 7.69. The summed E-state index contributed by atoms with van der Waals surface area (Å²) in [6.45, 7) is 2.43. The molecule has 4 fully saturated rings. The summed E-state index contributed by atoms with van der Waals surface area (Å²) < 4.78 is 21.2. The molecule has 4 heterocycles. The summed E-state index contributed by atoms with van der Waals surface area (Å²) in [4.78, 5) is 26.6. The van der Waals surface area contributed by atoms with Gasteiger partial charge in [-0.2, -0.15) is 0 Å². The first kappa shape index (κ1) is 22.2. The van der Waals surface area contributed by atoms with Crippen molar-refractivity contribution in [2.24, 2.45) is 0 Å². The summed E-state index contributed by atoms with van der Waals surface area (Å²) in [5.41, 5.74) is 1.38. The fraction of sp³-hybridized carbons (Fsp3) is 0.750. The Balaban J connectivity index is 1.31. The van der Waals surface area contributed by atoms with Gasteiger partial charge in [0.15, 0.2) is 35.1 Å². The van der Waals surface area contributed by atoms with Crippen LogP contribution in [-0.2, 0) is 19.0 Å². The fourth-order valence-electron chi connectivity index (χ4n) is 6.04. The number of amides is 1. The monoisotopic (exact) mass is 470 g/mol. The molecule has 34 heavy (non-hydrogen) atoms. The van der Waals surface area contributed by atoms with Gasteiger partial charge in [0.1, 0.15) is 18.5 Å². The van der Waals surface area contributed by atoms with E-state index in [-0.39, 0.29) is 5.91 Å². The summed E-state index contributed by atoms with van der Waals surface area (Å²) in [5, 5.41) is 6.47. The average molecular weight is 471 g/mol. The van der Waals surface area contributed by atoms with Crippen molar-refractivity contribution >= 4 is 22.9 Å². The van der Waals surface area contributed by atoms with Gasteiger partial charge in [-0.25, -0.2) is 15.0 Å². The third kappa shape index (κ3) is 3.85. The number of carbonyl (C=O) groups is 1. The zero-order valence-corrected chi connectivity index (χ0v) is 19.7. The minimum absolute atomic E-state index is 0.171. The van der Waals surface area contributed by atoms with E-state index in [1.807, 2.05) is 11.5 Å². The lowest BCUT2D eigenvalue weighted by Gasteiger charge is -2.34. The maximum absolute atomic E-state index is 12.9. The highest BCUT2D eigenvalue weighted by atomic mass is 16.8. The van der Waals surface area contributed by atoms with E-state index in [9.17, 15) is 4.79 Å². The van der Waals surface area contributed by atoms with E-state index in [2.05, 4.69) is 25.6 Å². The Labute approximate surface area is 199 Å². The molecule has 2 aromatic rings.